The number of fused-ring (bicyclic) bond motifs is 4. The molecule has 0 amide bonds. The summed E-state index contributed by atoms with van der Waals surface area (Å²) in [6, 6.07) is 21.8. The molecule has 0 saturated heterocycles. The Kier molecular flexibility index (Phi) is 11.2. The standard InChI is InChI=1S/C46H53Cl2N3O5/c1-29(27-54-40-13-18-49-39-12-4-7-30(2)43(39)40)19-33-21-32-22-41-42(56-37(28-55-41)26-51(3)25-31-8-5-9-34(47)20-31)24-38(32)45(33)14-16-46(17-15-45,44(52)53)50-36-11-6-10-35(48)23-36/h5-6,8-11,13,18,20,22-24,29-30,33,37,50H,4,7,12,14-17,19,21,25-28H2,1-3H3,(H,52,53)/t29-,30-,33?,37?,45?,46?/m1/s1. The quantitative estimate of drug-likeness (QED) is 0.146. The molecule has 0 radical (unpaired) electrons. The zero-order valence-corrected chi connectivity index (χ0v) is 34.2. The van der Waals surface area contributed by atoms with Crippen molar-refractivity contribution in [2.45, 2.75) is 101 Å². The van der Waals surface area contributed by atoms with Crippen molar-refractivity contribution in [1.29, 1.82) is 0 Å². The van der Waals surface area contributed by atoms with Crippen molar-refractivity contribution in [3.63, 3.8) is 0 Å². The van der Waals surface area contributed by atoms with Crippen LogP contribution in [0.1, 0.15) is 92.7 Å². The molecule has 0 bridgehead atoms. The van der Waals surface area contributed by atoms with Crippen LogP contribution in [0.25, 0.3) is 0 Å². The van der Waals surface area contributed by atoms with Crippen LogP contribution in [0.3, 0.4) is 0 Å². The van der Waals surface area contributed by atoms with E-state index in [1.807, 2.05) is 42.6 Å². The number of carboxylic acid groups (broad SMARTS) is 1. The average molecular weight is 799 g/mol. The Bertz CT molecular complexity index is 2070. The number of rotatable bonds is 12. The maximum Gasteiger partial charge on any atom is 0.329 e. The maximum absolute atomic E-state index is 13.1. The smallest absolute Gasteiger partial charge is 0.329 e. The Balaban J connectivity index is 1.03. The molecule has 3 aromatic carbocycles. The largest absolute Gasteiger partial charge is 0.493 e. The highest BCUT2D eigenvalue weighted by molar-refractivity contribution is 6.31. The van der Waals surface area contributed by atoms with E-state index in [0.717, 1.165) is 78.6 Å². The zero-order chi connectivity index (χ0) is 39.0. The number of likely N-dealkylation sites (N-methyl/N-ethyl adjacent to an activating group) is 1. The van der Waals surface area contributed by atoms with Crippen LogP contribution in [0.15, 0.2) is 72.9 Å². The van der Waals surface area contributed by atoms with Crippen molar-refractivity contribution in [2.24, 2.45) is 11.8 Å². The van der Waals surface area contributed by atoms with E-state index in [1.165, 1.54) is 28.8 Å². The summed E-state index contributed by atoms with van der Waals surface area (Å²) in [7, 11) is 2.09. The summed E-state index contributed by atoms with van der Waals surface area (Å²) in [6.45, 7) is 7.12. The van der Waals surface area contributed by atoms with Crippen LogP contribution in [-0.4, -0.2) is 59.4 Å². The lowest BCUT2D eigenvalue weighted by atomic mass is 9.59. The van der Waals surface area contributed by atoms with Crippen LogP contribution in [0.4, 0.5) is 5.69 Å². The van der Waals surface area contributed by atoms with Crippen molar-refractivity contribution in [3.8, 4) is 17.2 Å². The van der Waals surface area contributed by atoms with Gasteiger partial charge in [0.25, 0.3) is 0 Å². The molecule has 8 nitrogen and oxygen atoms in total. The molecule has 4 aromatic rings. The van der Waals surface area contributed by atoms with Crippen LogP contribution in [0.5, 0.6) is 17.2 Å². The maximum atomic E-state index is 13.1. The van der Waals surface area contributed by atoms with E-state index in [4.69, 9.17) is 37.4 Å². The first kappa shape index (κ1) is 38.9. The number of carbonyl (C=O) groups is 1. The van der Waals surface area contributed by atoms with Crippen LogP contribution >= 0.6 is 23.2 Å². The SMILES string of the molecule is C[C@@H](COc1ccnc2c1[C@H](C)CCC2)CC1Cc2cc3c(cc2C12CCC(Nc1cccc(Cl)c1)(C(=O)O)CC2)OC(CN(C)Cc1cccc(Cl)c1)CO3. The Morgan fingerprint density at radius 1 is 1.05 bits per heavy atom. The fourth-order valence-electron chi connectivity index (χ4n) is 10.2. The minimum absolute atomic E-state index is 0.135. The number of nitrogens with one attached hydrogen (secondary N) is 1. The van der Waals surface area contributed by atoms with Crippen molar-refractivity contribution in [1.82, 2.24) is 9.88 Å². The number of hydrogen-bond donors (Lipinski definition) is 2. The van der Waals surface area contributed by atoms with E-state index < -0.39 is 11.5 Å². The molecule has 1 saturated carbocycles. The van der Waals surface area contributed by atoms with Gasteiger partial charge in [-0.25, -0.2) is 4.79 Å². The van der Waals surface area contributed by atoms with Crippen LogP contribution in [0.2, 0.25) is 10.0 Å². The van der Waals surface area contributed by atoms with Gasteiger partial charge in [0.1, 0.15) is 24.0 Å². The second-order valence-electron chi connectivity index (χ2n) is 17.0. The van der Waals surface area contributed by atoms with Crippen molar-refractivity contribution in [2.75, 3.05) is 32.1 Å². The predicted octanol–water partition coefficient (Wildman–Crippen LogP) is 10.1. The van der Waals surface area contributed by atoms with Gasteiger partial charge in [0, 0.05) is 46.3 Å². The van der Waals surface area contributed by atoms with Crippen LogP contribution in [-0.2, 0) is 29.6 Å². The van der Waals surface area contributed by atoms with E-state index in [1.54, 1.807) is 12.1 Å². The van der Waals surface area contributed by atoms with E-state index in [9.17, 15) is 9.90 Å². The molecule has 2 heterocycles. The lowest BCUT2D eigenvalue weighted by molar-refractivity contribution is -0.144. The van der Waals surface area contributed by atoms with Gasteiger partial charge >= 0.3 is 5.97 Å². The van der Waals surface area contributed by atoms with Gasteiger partial charge in [-0.3, -0.25) is 9.88 Å². The third-order valence-electron chi connectivity index (χ3n) is 12.9. The fourth-order valence-corrected chi connectivity index (χ4v) is 10.6. The molecule has 296 valence electrons. The minimum Gasteiger partial charge on any atom is -0.493 e. The second-order valence-corrected chi connectivity index (χ2v) is 17.9. The zero-order valence-electron chi connectivity index (χ0n) is 32.7. The number of nitrogens with zero attached hydrogens (tertiary/aromatic N) is 2. The van der Waals surface area contributed by atoms with Gasteiger partial charge in [0.05, 0.1) is 6.61 Å². The van der Waals surface area contributed by atoms with E-state index >= 15 is 0 Å². The van der Waals surface area contributed by atoms with Crippen molar-refractivity contribution in [3.05, 3.63) is 111 Å². The van der Waals surface area contributed by atoms with Crippen LogP contribution < -0.4 is 19.5 Å². The first-order chi connectivity index (χ1) is 27.0. The number of aromatic nitrogens is 1. The van der Waals surface area contributed by atoms with Gasteiger partial charge in [0.2, 0.25) is 0 Å². The van der Waals surface area contributed by atoms with Crippen LogP contribution in [0, 0.1) is 11.8 Å². The number of benzene rings is 3. The third-order valence-corrected chi connectivity index (χ3v) is 13.4. The molecule has 1 aliphatic heterocycles. The lowest BCUT2D eigenvalue weighted by Crippen LogP contribution is -2.53. The predicted molar refractivity (Wildman–Crippen MR) is 222 cm³/mol. The monoisotopic (exact) mass is 797 g/mol. The summed E-state index contributed by atoms with van der Waals surface area (Å²) >= 11 is 12.6. The fraction of sp³-hybridized carbons (Fsp3) is 0.478. The van der Waals surface area contributed by atoms with Gasteiger partial charge in [-0.15, -0.1) is 0 Å². The molecule has 10 heteroatoms. The third kappa shape index (κ3) is 7.94. The van der Waals surface area contributed by atoms with E-state index in [2.05, 4.69) is 54.3 Å². The molecule has 8 rings (SSSR count). The molecule has 3 aliphatic carbocycles. The molecule has 2 N–H and O–H groups in total. The van der Waals surface area contributed by atoms with Crippen molar-refractivity contribution >= 4 is 34.9 Å². The number of anilines is 1. The number of aliphatic carboxylic acids is 1. The number of carboxylic acids is 1. The number of pyridine rings is 1. The Morgan fingerprint density at radius 2 is 1.84 bits per heavy atom. The Labute approximate surface area is 340 Å². The summed E-state index contributed by atoms with van der Waals surface area (Å²) in [5, 5.41) is 15.5. The molecule has 4 aliphatic rings. The van der Waals surface area contributed by atoms with Gasteiger partial charge in [-0.05, 0) is 153 Å². The molecule has 1 aromatic heterocycles. The highest BCUT2D eigenvalue weighted by Crippen LogP contribution is 2.58. The number of aryl methyl sites for hydroxylation is 1. The van der Waals surface area contributed by atoms with Crippen molar-refractivity contribution < 1.29 is 24.1 Å². The number of halogens is 2. The van der Waals surface area contributed by atoms with Gasteiger partial charge in [-0.2, -0.15) is 0 Å². The molecule has 56 heavy (non-hydrogen) atoms. The van der Waals surface area contributed by atoms with E-state index in [0.29, 0.717) is 49.5 Å². The highest BCUT2D eigenvalue weighted by Gasteiger charge is 2.54. The van der Waals surface area contributed by atoms with E-state index in [-0.39, 0.29) is 17.4 Å². The molecular weight excluding hydrogens is 745 g/mol. The molecular formula is C46H53Cl2N3O5. The average Bonchev–Trinajstić information content (AvgIpc) is 3.44. The molecule has 2 unspecified atom stereocenters. The topological polar surface area (TPSA) is 93.2 Å². The summed E-state index contributed by atoms with van der Waals surface area (Å²) in [5.74, 6) is 2.75. The number of ether oxygens (including phenoxy) is 3. The molecule has 4 atom stereocenters. The molecule has 1 fully saturated rings. The summed E-state index contributed by atoms with van der Waals surface area (Å²) in [5.41, 5.74) is 5.59. The highest BCUT2D eigenvalue weighted by atomic mass is 35.5. The summed E-state index contributed by atoms with van der Waals surface area (Å²) in [6.07, 6.45) is 9.42. The second kappa shape index (κ2) is 16.1. The first-order valence-corrected chi connectivity index (χ1v) is 21.0. The number of hydrogen-bond acceptors (Lipinski definition) is 7. The van der Waals surface area contributed by atoms with Gasteiger partial charge in [0.15, 0.2) is 11.5 Å². The Hall–Kier alpha value is -3.98. The first-order valence-electron chi connectivity index (χ1n) is 20.3. The van der Waals surface area contributed by atoms with Gasteiger partial charge in [-0.1, -0.05) is 55.2 Å². The summed E-state index contributed by atoms with van der Waals surface area (Å²) in [4.78, 5) is 20.0. The normalized spacial score (nSPS) is 25.7. The lowest BCUT2D eigenvalue weighted by Gasteiger charge is -2.47. The molecule has 1 spiro atoms. The Morgan fingerprint density at radius 3 is 2.61 bits per heavy atom. The minimum atomic E-state index is -1.10. The summed E-state index contributed by atoms with van der Waals surface area (Å²) < 4.78 is 19.7. The van der Waals surface area contributed by atoms with Gasteiger partial charge < -0.3 is 24.6 Å².